The van der Waals surface area contributed by atoms with Crippen LogP contribution in [0.15, 0.2) is 36.4 Å². The first-order valence-corrected chi connectivity index (χ1v) is 10.4. The molecule has 0 aliphatic carbocycles. The SMILES string of the molecule is Nc1ccc(OP(=O)(Oc2ccc(N)c(N)c2N)Oc2ccc(N)c(N)c2N)c(N)c1N. The standard InChI is InChI=1S/C18H24N9O4P/c19-7-1-4-10(16(25)13(7)22)29-32(28,30-11-5-2-8(20)14(23)17(11)26)31-12-6-3-9(21)15(24)18(12)27/h1-6H,19-27H2. The predicted molar refractivity (Wildman–Crippen MR) is 129 cm³/mol. The van der Waals surface area contributed by atoms with Gasteiger partial charge < -0.3 is 65.2 Å². The molecule has 32 heavy (non-hydrogen) atoms. The Morgan fingerprint density at radius 1 is 0.438 bits per heavy atom. The van der Waals surface area contributed by atoms with Crippen molar-refractivity contribution in [3.8, 4) is 17.2 Å². The monoisotopic (exact) mass is 461 g/mol. The number of nitrogen functional groups attached to an aromatic ring is 9. The fourth-order valence-corrected chi connectivity index (χ4v) is 3.87. The van der Waals surface area contributed by atoms with Crippen molar-refractivity contribution in [2.45, 2.75) is 0 Å². The zero-order valence-electron chi connectivity index (χ0n) is 16.7. The van der Waals surface area contributed by atoms with Gasteiger partial charge in [0.15, 0.2) is 17.2 Å². The summed E-state index contributed by atoms with van der Waals surface area (Å²) in [5.74, 6) is -0.406. The number of phosphoric acid groups is 1. The third-order valence-electron chi connectivity index (χ3n) is 4.47. The van der Waals surface area contributed by atoms with Crippen molar-refractivity contribution in [3.05, 3.63) is 36.4 Å². The van der Waals surface area contributed by atoms with Crippen molar-refractivity contribution in [3.63, 3.8) is 0 Å². The summed E-state index contributed by atoms with van der Waals surface area (Å²) in [4.78, 5) is 0. The molecule has 0 aliphatic rings. The van der Waals surface area contributed by atoms with Gasteiger partial charge >= 0.3 is 7.82 Å². The zero-order chi connectivity index (χ0) is 23.8. The van der Waals surface area contributed by atoms with Gasteiger partial charge in [-0.1, -0.05) is 0 Å². The molecule has 0 bridgehead atoms. The lowest BCUT2D eigenvalue weighted by Gasteiger charge is -2.23. The molecule has 170 valence electrons. The molecule has 14 heteroatoms. The number of rotatable bonds is 6. The van der Waals surface area contributed by atoms with Crippen LogP contribution >= 0.6 is 7.82 Å². The van der Waals surface area contributed by atoms with Crippen molar-refractivity contribution in [1.82, 2.24) is 0 Å². The molecule has 0 heterocycles. The molecule has 3 aromatic carbocycles. The van der Waals surface area contributed by atoms with E-state index in [1.807, 2.05) is 0 Å². The van der Waals surface area contributed by atoms with Gasteiger partial charge in [0.2, 0.25) is 0 Å². The van der Waals surface area contributed by atoms with Crippen LogP contribution in [0.2, 0.25) is 0 Å². The Kier molecular flexibility index (Phi) is 5.52. The molecule has 0 aromatic heterocycles. The van der Waals surface area contributed by atoms with E-state index in [9.17, 15) is 4.57 Å². The highest BCUT2D eigenvalue weighted by Crippen LogP contribution is 2.54. The van der Waals surface area contributed by atoms with E-state index in [0.717, 1.165) is 0 Å². The van der Waals surface area contributed by atoms with Gasteiger partial charge in [-0.25, -0.2) is 0 Å². The predicted octanol–water partition coefficient (Wildman–Crippen LogP) is 1.57. The second-order valence-electron chi connectivity index (χ2n) is 6.66. The fraction of sp³-hybridized carbons (Fsp3) is 0. The minimum absolute atomic E-state index is 0.0153. The Morgan fingerprint density at radius 3 is 0.938 bits per heavy atom. The third-order valence-corrected chi connectivity index (χ3v) is 5.73. The Labute approximate surface area is 182 Å². The Hall–Kier alpha value is -4.51. The van der Waals surface area contributed by atoms with Crippen LogP contribution in [0.1, 0.15) is 0 Å². The topological polar surface area (TPSA) is 279 Å². The summed E-state index contributed by atoms with van der Waals surface area (Å²) in [5, 5.41) is 0. The highest BCUT2D eigenvalue weighted by atomic mass is 31.2. The normalized spacial score (nSPS) is 11.1. The lowest BCUT2D eigenvalue weighted by molar-refractivity contribution is 0.300. The summed E-state index contributed by atoms with van der Waals surface area (Å²) in [6, 6.07) is 8.20. The zero-order valence-corrected chi connectivity index (χ0v) is 17.6. The van der Waals surface area contributed by atoms with Crippen LogP contribution in [0, 0.1) is 0 Å². The van der Waals surface area contributed by atoms with Gasteiger partial charge in [0.1, 0.15) is 17.1 Å². The number of hydrogen-bond acceptors (Lipinski definition) is 13. The van der Waals surface area contributed by atoms with E-state index < -0.39 is 7.82 Å². The van der Waals surface area contributed by atoms with E-state index in [1.54, 1.807) is 0 Å². The second-order valence-corrected chi connectivity index (χ2v) is 8.10. The van der Waals surface area contributed by atoms with Crippen molar-refractivity contribution in [1.29, 1.82) is 0 Å². The number of nitrogens with two attached hydrogens (primary N) is 9. The van der Waals surface area contributed by atoms with E-state index in [-0.39, 0.29) is 68.4 Å². The molecule has 0 saturated heterocycles. The lowest BCUT2D eigenvalue weighted by atomic mass is 10.2. The highest BCUT2D eigenvalue weighted by Gasteiger charge is 2.36. The molecule has 0 spiro atoms. The van der Waals surface area contributed by atoms with Crippen LogP contribution in [0.4, 0.5) is 51.2 Å². The molecular formula is C18H24N9O4P. The first-order valence-electron chi connectivity index (χ1n) is 8.92. The van der Waals surface area contributed by atoms with Crippen molar-refractivity contribution >= 4 is 59.0 Å². The van der Waals surface area contributed by atoms with Crippen molar-refractivity contribution < 1.29 is 18.1 Å². The maximum absolute atomic E-state index is 13.7. The van der Waals surface area contributed by atoms with Gasteiger partial charge in [-0.3, -0.25) is 0 Å². The Bertz CT molecular complexity index is 1100. The largest absolute Gasteiger partial charge is 0.647 e. The summed E-state index contributed by atoms with van der Waals surface area (Å²) in [7, 11) is -4.60. The molecule has 0 unspecified atom stereocenters. The quantitative estimate of drug-likeness (QED) is 0.186. The molecule has 0 aliphatic heterocycles. The fourth-order valence-electron chi connectivity index (χ4n) is 2.56. The minimum Gasteiger partial charge on any atom is -0.397 e. The molecule has 0 saturated carbocycles. The third kappa shape index (κ3) is 4.04. The average Bonchev–Trinajstić information content (AvgIpc) is 2.75. The maximum atomic E-state index is 13.7. The van der Waals surface area contributed by atoms with Crippen molar-refractivity contribution in [2.75, 3.05) is 51.6 Å². The Balaban J connectivity index is 2.09. The van der Waals surface area contributed by atoms with E-state index in [1.165, 1.54) is 36.4 Å². The summed E-state index contributed by atoms with van der Waals surface area (Å²) in [6.45, 7) is 0. The van der Waals surface area contributed by atoms with Crippen LogP contribution in [0.25, 0.3) is 0 Å². The van der Waals surface area contributed by atoms with Crippen LogP contribution < -0.4 is 65.2 Å². The first kappa shape index (κ1) is 22.2. The molecule has 0 radical (unpaired) electrons. The molecule has 3 rings (SSSR count). The van der Waals surface area contributed by atoms with Gasteiger partial charge in [0, 0.05) is 0 Å². The molecule has 3 aromatic rings. The molecular weight excluding hydrogens is 437 g/mol. The van der Waals surface area contributed by atoms with Crippen LogP contribution in [0.5, 0.6) is 17.2 Å². The van der Waals surface area contributed by atoms with Crippen LogP contribution in [-0.4, -0.2) is 0 Å². The van der Waals surface area contributed by atoms with Gasteiger partial charge in [-0.2, -0.15) is 4.57 Å². The smallest absolute Gasteiger partial charge is 0.397 e. The van der Waals surface area contributed by atoms with Gasteiger partial charge in [-0.05, 0) is 36.4 Å². The number of phosphoric ester groups is 1. The number of anilines is 9. The Morgan fingerprint density at radius 2 is 0.688 bits per heavy atom. The first-order chi connectivity index (χ1) is 14.9. The summed E-state index contributed by atoms with van der Waals surface area (Å²) >= 11 is 0. The molecule has 13 nitrogen and oxygen atoms in total. The molecule has 0 atom stereocenters. The molecule has 0 fully saturated rings. The molecule has 0 amide bonds. The minimum atomic E-state index is -4.60. The number of hydrogen-bond donors (Lipinski definition) is 9. The molecule has 18 N–H and O–H groups in total. The summed E-state index contributed by atoms with van der Waals surface area (Å²) in [5.41, 5.74) is 52.8. The van der Waals surface area contributed by atoms with Crippen molar-refractivity contribution in [2.24, 2.45) is 0 Å². The lowest BCUT2D eigenvalue weighted by Crippen LogP contribution is -2.12. The van der Waals surface area contributed by atoms with E-state index >= 15 is 0 Å². The van der Waals surface area contributed by atoms with Gasteiger partial charge in [0.05, 0.1) is 34.1 Å². The maximum Gasteiger partial charge on any atom is 0.647 e. The van der Waals surface area contributed by atoms with E-state index in [4.69, 9.17) is 65.2 Å². The van der Waals surface area contributed by atoms with E-state index in [0.29, 0.717) is 0 Å². The highest BCUT2D eigenvalue weighted by molar-refractivity contribution is 7.49. The van der Waals surface area contributed by atoms with E-state index in [2.05, 4.69) is 0 Å². The summed E-state index contributed by atoms with van der Waals surface area (Å²) in [6.07, 6.45) is 0. The van der Waals surface area contributed by atoms with Gasteiger partial charge in [-0.15, -0.1) is 0 Å². The summed E-state index contributed by atoms with van der Waals surface area (Å²) < 4.78 is 30.3. The van der Waals surface area contributed by atoms with Crippen LogP contribution in [0.3, 0.4) is 0 Å². The second kappa shape index (κ2) is 7.96. The van der Waals surface area contributed by atoms with Crippen LogP contribution in [-0.2, 0) is 4.57 Å². The number of benzene rings is 3. The average molecular weight is 461 g/mol. The van der Waals surface area contributed by atoms with Gasteiger partial charge in [0.25, 0.3) is 0 Å².